The predicted molar refractivity (Wildman–Crippen MR) is 84.4 cm³/mol. The Bertz CT molecular complexity index is 432. The van der Waals surface area contributed by atoms with Gasteiger partial charge in [-0.3, -0.25) is 4.90 Å². The molecule has 21 heavy (non-hydrogen) atoms. The van der Waals surface area contributed by atoms with Crippen LogP contribution >= 0.6 is 11.3 Å². The first-order chi connectivity index (χ1) is 10.3. The van der Waals surface area contributed by atoms with E-state index < -0.39 is 0 Å². The maximum Gasteiger partial charge on any atom is 0.161 e. The second-order valence-corrected chi connectivity index (χ2v) is 7.03. The first kappa shape index (κ1) is 15.4. The van der Waals surface area contributed by atoms with Gasteiger partial charge in [-0.05, 0) is 32.2 Å². The molecule has 0 saturated carbocycles. The van der Waals surface area contributed by atoms with Gasteiger partial charge in [0, 0.05) is 24.4 Å². The summed E-state index contributed by atoms with van der Waals surface area (Å²) in [6.07, 6.45) is 6.11. The van der Waals surface area contributed by atoms with Crippen molar-refractivity contribution in [2.24, 2.45) is 5.92 Å². The van der Waals surface area contributed by atoms with Crippen LogP contribution in [0.4, 0.5) is 0 Å². The standard InChI is InChI=1S/C16H26N2O2S/c1-2-3-6-15-17-14(12-21-15)11-18-7-4-5-13(10-18)16-19-8-9-20-16/h12-13,16H,2-11H2,1H3. The largest absolute Gasteiger partial charge is 0.350 e. The van der Waals surface area contributed by atoms with E-state index in [9.17, 15) is 0 Å². The minimum Gasteiger partial charge on any atom is -0.350 e. The van der Waals surface area contributed by atoms with Gasteiger partial charge in [0.25, 0.3) is 0 Å². The van der Waals surface area contributed by atoms with Gasteiger partial charge in [0.1, 0.15) is 0 Å². The van der Waals surface area contributed by atoms with Crippen molar-refractivity contribution >= 4 is 11.3 Å². The third kappa shape index (κ3) is 4.25. The predicted octanol–water partition coefficient (Wildman–Crippen LogP) is 3.07. The molecule has 3 heterocycles. The highest BCUT2D eigenvalue weighted by atomic mass is 32.1. The van der Waals surface area contributed by atoms with Crippen molar-refractivity contribution in [3.63, 3.8) is 0 Å². The van der Waals surface area contributed by atoms with Crippen LogP contribution in [0.15, 0.2) is 5.38 Å². The van der Waals surface area contributed by atoms with Gasteiger partial charge in [0.15, 0.2) is 6.29 Å². The van der Waals surface area contributed by atoms with Crippen LogP contribution in [-0.2, 0) is 22.4 Å². The van der Waals surface area contributed by atoms with Gasteiger partial charge in [0.2, 0.25) is 0 Å². The summed E-state index contributed by atoms with van der Waals surface area (Å²) in [4.78, 5) is 7.29. The molecule has 2 aliphatic heterocycles. The average molecular weight is 310 g/mol. The van der Waals surface area contributed by atoms with Crippen LogP contribution in [0.25, 0.3) is 0 Å². The van der Waals surface area contributed by atoms with E-state index in [1.165, 1.54) is 42.9 Å². The third-order valence-electron chi connectivity index (χ3n) is 4.30. The number of aromatic nitrogens is 1. The lowest BCUT2D eigenvalue weighted by atomic mass is 9.97. The van der Waals surface area contributed by atoms with Crippen molar-refractivity contribution < 1.29 is 9.47 Å². The van der Waals surface area contributed by atoms with Gasteiger partial charge in [0.05, 0.1) is 23.9 Å². The molecule has 2 aliphatic rings. The van der Waals surface area contributed by atoms with Crippen LogP contribution in [0.2, 0.25) is 0 Å². The zero-order valence-corrected chi connectivity index (χ0v) is 13.7. The molecule has 0 aliphatic carbocycles. The van der Waals surface area contributed by atoms with Gasteiger partial charge < -0.3 is 9.47 Å². The molecular formula is C16H26N2O2S. The van der Waals surface area contributed by atoms with Crippen molar-refractivity contribution in [1.82, 2.24) is 9.88 Å². The van der Waals surface area contributed by atoms with Gasteiger partial charge in [-0.2, -0.15) is 0 Å². The number of thiazole rings is 1. The summed E-state index contributed by atoms with van der Waals surface area (Å²) in [5, 5.41) is 3.53. The number of ether oxygens (including phenoxy) is 2. The topological polar surface area (TPSA) is 34.6 Å². The smallest absolute Gasteiger partial charge is 0.161 e. The number of hydrogen-bond acceptors (Lipinski definition) is 5. The summed E-state index contributed by atoms with van der Waals surface area (Å²) in [5.41, 5.74) is 1.24. The number of hydrogen-bond donors (Lipinski definition) is 0. The number of unbranched alkanes of at least 4 members (excludes halogenated alkanes) is 1. The van der Waals surface area contributed by atoms with E-state index >= 15 is 0 Å². The van der Waals surface area contributed by atoms with Crippen molar-refractivity contribution in [1.29, 1.82) is 0 Å². The molecule has 0 spiro atoms. The molecule has 0 N–H and O–H groups in total. The first-order valence-electron chi connectivity index (χ1n) is 8.24. The average Bonchev–Trinajstić information content (AvgIpc) is 3.17. The zero-order chi connectivity index (χ0) is 14.5. The molecule has 0 aromatic carbocycles. The summed E-state index contributed by atoms with van der Waals surface area (Å²) >= 11 is 1.82. The highest BCUT2D eigenvalue weighted by Crippen LogP contribution is 2.26. The molecule has 1 atom stereocenters. The molecule has 0 bridgehead atoms. The van der Waals surface area contributed by atoms with Crippen LogP contribution in [0.1, 0.15) is 43.3 Å². The highest BCUT2D eigenvalue weighted by molar-refractivity contribution is 7.09. The molecule has 2 saturated heterocycles. The van der Waals surface area contributed by atoms with Crippen molar-refractivity contribution in [3.05, 3.63) is 16.1 Å². The minimum atomic E-state index is 0.0309. The maximum absolute atomic E-state index is 5.68. The second-order valence-electron chi connectivity index (χ2n) is 6.08. The molecule has 1 aromatic rings. The highest BCUT2D eigenvalue weighted by Gasteiger charge is 2.31. The Balaban J connectivity index is 1.50. The van der Waals surface area contributed by atoms with Crippen molar-refractivity contribution in [2.45, 2.75) is 51.9 Å². The number of rotatable bonds is 6. The van der Waals surface area contributed by atoms with E-state index in [1.54, 1.807) is 0 Å². The second kappa shape index (κ2) is 7.68. The lowest BCUT2D eigenvalue weighted by Crippen LogP contribution is -2.40. The Morgan fingerprint density at radius 1 is 1.38 bits per heavy atom. The normalized spacial score (nSPS) is 24.7. The van der Waals surface area contributed by atoms with Crippen molar-refractivity contribution in [3.8, 4) is 0 Å². The van der Waals surface area contributed by atoms with Gasteiger partial charge in [-0.25, -0.2) is 4.98 Å². The number of nitrogens with zero attached hydrogens (tertiary/aromatic N) is 2. The lowest BCUT2D eigenvalue weighted by molar-refractivity contribution is -0.101. The van der Waals surface area contributed by atoms with E-state index in [4.69, 9.17) is 14.5 Å². The fourth-order valence-corrected chi connectivity index (χ4v) is 4.03. The van der Waals surface area contributed by atoms with Gasteiger partial charge >= 0.3 is 0 Å². The van der Waals surface area contributed by atoms with E-state index in [-0.39, 0.29) is 6.29 Å². The molecular weight excluding hydrogens is 284 g/mol. The zero-order valence-electron chi connectivity index (χ0n) is 12.9. The molecule has 2 fully saturated rings. The molecule has 3 rings (SSSR count). The Hall–Kier alpha value is -0.490. The SMILES string of the molecule is CCCCc1nc(CN2CCCC(C3OCCO3)C2)cs1. The van der Waals surface area contributed by atoms with E-state index in [1.807, 2.05) is 11.3 Å². The molecule has 1 unspecified atom stereocenters. The number of aryl methyl sites for hydroxylation is 1. The number of likely N-dealkylation sites (tertiary alicyclic amines) is 1. The van der Waals surface area contributed by atoms with E-state index in [2.05, 4.69) is 17.2 Å². The quantitative estimate of drug-likeness (QED) is 0.809. The third-order valence-corrected chi connectivity index (χ3v) is 5.26. The van der Waals surface area contributed by atoms with Crippen LogP contribution in [0.5, 0.6) is 0 Å². The van der Waals surface area contributed by atoms with Crippen molar-refractivity contribution in [2.75, 3.05) is 26.3 Å². The summed E-state index contributed by atoms with van der Waals surface area (Å²) in [6, 6.07) is 0. The molecule has 0 amide bonds. The van der Waals surface area contributed by atoms with E-state index in [0.717, 1.165) is 32.7 Å². The Morgan fingerprint density at radius 2 is 2.24 bits per heavy atom. The molecule has 4 nitrogen and oxygen atoms in total. The minimum absolute atomic E-state index is 0.0309. The monoisotopic (exact) mass is 310 g/mol. The summed E-state index contributed by atoms with van der Waals surface area (Å²) in [5.74, 6) is 0.527. The fraction of sp³-hybridized carbons (Fsp3) is 0.812. The van der Waals surface area contributed by atoms with Gasteiger partial charge in [-0.15, -0.1) is 11.3 Å². The summed E-state index contributed by atoms with van der Waals surface area (Å²) < 4.78 is 11.4. The molecule has 0 radical (unpaired) electrons. The summed E-state index contributed by atoms with van der Waals surface area (Å²) in [6.45, 7) is 6.97. The number of piperidine rings is 1. The maximum atomic E-state index is 5.68. The van der Waals surface area contributed by atoms with Gasteiger partial charge in [-0.1, -0.05) is 13.3 Å². The van der Waals surface area contributed by atoms with Crippen LogP contribution < -0.4 is 0 Å². The molecule has 5 heteroatoms. The van der Waals surface area contributed by atoms with Crippen LogP contribution in [0, 0.1) is 5.92 Å². The molecule has 118 valence electrons. The van der Waals surface area contributed by atoms with E-state index in [0.29, 0.717) is 5.92 Å². The summed E-state index contributed by atoms with van der Waals surface area (Å²) in [7, 11) is 0. The van der Waals surface area contributed by atoms with Crippen LogP contribution in [0.3, 0.4) is 0 Å². The first-order valence-corrected chi connectivity index (χ1v) is 9.12. The molecule has 1 aromatic heterocycles. The Kier molecular flexibility index (Phi) is 5.63. The lowest BCUT2D eigenvalue weighted by Gasteiger charge is -2.34. The Labute approximate surface area is 131 Å². The van der Waals surface area contributed by atoms with Crippen LogP contribution in [-0.4, -0.2) is 42.5 Å². The fourth-order valence-electron chi connectivity index (χ4n) is 3.20. The Morgan fingerprint density at radius 3 is 3.05 bits per heavy atom.